The van der Waals surface area contributed by atoms with Gasteiger partial charge in [-0.05, 0) is 32.3 Å². The van der Waals surface area contributed by atoms with E-state index in [0.717, 1.165) is 12.8 Å². The number of carbonyl (C=O) groups is 1. The van der Waals surface area contributed by atoms with E-state index in [1.54, 1.807) is 0 Å². The zero-order chi connectivity index (χ0) is 13.0. The van der Waals surface area contributed by atoms with Gasteiger partial charge in [0.25, 0.3) is 0 Å². The molecule has 2 atom stereocenters. The van der Waals surface area contributed by atoms with E-state index in [9.17, 15) is 4.79 Å². The Labute approximate surface area is 108 Å². The van der Waals surface area contributed by atoms with Crippen molar-refractivity contribution in [3.8, 4) is 0 Å². The molecule has 1 amide bonds. The molecule has 0 aromatic heterocycles. The van der Waals surface area contributed by atoms with Crippen molar-refractivity contribution in [2.45, 2.75) is 38.3 Å². The van der Waals surface area contributed by atoms with Crippen molar-refractivity contribution >= 4 is 5.91 Å². The van der Waals surface area contributed by atoms with E-state index in [-0.39, 0.29) is 22.9 Å². The highest BCUT2D eigenvalue weighted by molar-refractivity contribution is 5.90. The van der Waals surface area contributed by atoms with Crippen LogP contribution in [0.2, 0.25) is 0 Å². The summed E-state index contributed by atoms with van der Waals surface area (Å²) in [7, 11) is 0. The number of nitrogens with two attached hydrogens (primary N) is 1. The van der Waals surface area contributed by atoms with E-state index in [4.69, 9.17) is 5.73 Å². The molecule has 1 heterocycles. The molecule has 2 aliphatic rings. The zero-order valence-electron chi connectivity index (χ0n) is 11.0. The van der Waals surface area contributed by atoms with E-state index in [2.05, 4.69) is 19.1 Å². The van der Waals surface area contributed by atoms with Gasteiger partial charge >= 0.3 is 0 Å². The second-order valence-corrected chi connectivity index (χ2v) is 6.02. The third-order valence-corrected chi connectivity index (χ3v) is 4.76. The maximum atomic E-state index is 12.6. The van der Waals surface area contributed by atoms with E-state index in [1.807, 2.05) is 30.0 Å². The number of hydrogen-bond donors (Lipinski definition) is 1. The van der Waals surface area contributed by atoms with Crippen molar-refractivity contribution in [3.05, 3.63) is 35.9 Å². The lowest BCUT2D eigenvalue weighted by Crippen LogP contribution is -2.46. The maximum absolute atomic E-state index is 12.6. The Morgan fingerprint density at radius 3 is 2.39 bits per heavy atom. The highest BCUT2D eigenvalue weighted by Crippen LogP contribution is 2.59. The van der Waals surface area contributed by atoms with Crippen LogP contribution < -0.4 is 5.73 Å². The molecule has 1 aliphatic heterocycles. The standard InChI is InChI=1S/C15H20N2O/c1-11(12-6-4-3-5-7-12)17-10-14(2,16)15(8-9-15)13(17)18/h3-7,11H,8-10,16H2,1-2H3. The Morgan fingerprint density at radius 1 is 1.28 bits per heavy atom. The van der Waals surface area contributed by atoms with Crippen LogP contribution in [0.1, 0.15) is 38.3 Å². The molecule has 1 saturated carbocycles. The number of rotatable bonds is 2. The minimum Gasteiger partial charge on any atom is -0.334 e. The quantitative estimate of drug-likeness (QED) is 0.866. The molecule has 2 unspecified atom stereocenters. The predicted molar refractivity (Wildman–Crippen MR) is 70.8 cm³/mol. The average Bonchev–Trinajstić information content (AvgIpc) is 3.14. The third-order valence-electron chi connectivity index (χ3n) is 4.76. The van der Waals surface area contributed by atoms with Gasteiger partial charge in [-0.1, -0.05) is 30.3 Å². The SMILES string of the molecule is CC(c1ccccc1)N1CC(C)(N)C2(CC2)C1=O. The fourth-order valence-corrected chi connectivity index (χ4v) is 3.23. The Bertz CT molecular complexity index is 477. The fraction of sp³-hybridized carbons (Fsp3) is 0.533. The van der Waals surface area contributed by atoms with Crippen LogP contribution in [0.25, 0.3) is 0 Å². The minimum atomic E-state index is -0.368. The first kappa shape index (κ1) is 11.7. The average molecular weight is 244 g/mol. The summed E-state index contributed by atoms with van der Waals surface area (Å²) in [4.78, 5) is 14.5. The molecule has 1 aromatic rings. The molecule has 2 fully saturated rings. The lowest BCUT2D eigenvalue weighted by Gasteiger charge is -2.26. The second kappa shape index (κ2) is 3.58. The van der Waals surface area contributed by atoms with Crippen LogP contribution >= 0.6 is 0 Å². The molecule has 0 bridgehead atoms. The molecular formula is C15H20N2O. The number of nitrogens with zero attached hydrogens (tertiary/aromatic N) is 1. The monoisotopic (exact) mass is 244 g/mol. The van der Waals surface area contributed by atoms with Gasteiger partial charge in [-0.2, -0.15) is 0 Å². The molecule has 1 spiro atoms. The second-order valence-electron chi connectivity index (χ2n) is 6.02. The van der Waals surface area contributed by atoms with Crippen molar-refractivity contribution in [2.75, 3.05) is 6.54 Å². The highest BCUT2D eigenvalue weighted by Gasteiger charge is 2.67. The van der Waals surface area contributed by atoms with Gasteiger partial charge in [0.1, 0.15) is 0 Å². The van der Waals surface area contributed by atoms with Gasteiger partial charge < -0.3 is 10.6 Å². The number of benzene rings is 1. The van der Waals surface area contributed by atoms with Crippen LogP contribution in [-0.4, -0.2) is 22.9 Å². The Morgan fingerprint density at radius 2 is 1.89 bits per heavy atom. The summed E-state index contributed by atoms with van der Waals surface area (Å²) < 4.78 is 0. The summed E-state index contributed by atoms with van der Waals surface area (Å²) in [6.45, 7) is 4.78. The molecular weight excluding hydrogens is 224 g/mol. The first-order valence-electron chi connectivity index (χ1n) is 6.63. The molecule has 0 radical (unpaired) electrons. The third kappa shape index (κ3) is 1.43. The van der Waals surface area contributed by atoms with Crippen LogP contribution in [0.5, 0.6) is 0 Å². The Balaban J connectivity index is 1.89. The number of amides is 1. The summed E-state index contributed by atoms with van der Waals surface area (Å²) in [5.41, 5.74) is 6.91. The van der Waals surface area contributed by atoms with Crippen molar-refractivity contribution in [3.63, 3.8) is 0 Å². The van der Waals surface area contributed by atoms with Crippen molar-refractivity contribution < 1.29 is 4.79 Å². The van der Waals surface area contributed by atoms with Gasteiger partial charge in [0.15, 0.2) is 0 Å². The van der Waals surface area contributed by atoms with Gasteiger partial charge in [0, 0.05) is 12.1 Å². The van der Waals surface area contributed by atoms with Gasteiger partial charge in [0.2, 0.25) is 5.91 Å². The van der Waals surface area contributed by atoms with E-state index in [1.165, 1.54) is 5.56 Å². The molecule has 18 heavy (non-hydrogen) atoms. The molecule has 2 N–H and O–H groups in total. The minimum absolute atomic E-state index is 0.113. The Hall–Kier alpha value is -1.35. The molecule has 96 valence electrons. The van der Waals surface area contributed by atoms with Gasteiger partial charge in [-0.15, -0.1) is 0 Å². The Kier molecular flexibility index (Phi) is 2.33. The van der Waals surface area contributed by atoms with Crippen LogP contribution in [0.4, 0.5) is 0 Å². The number of likely N-dealkylation sites (tertiary alicyclic amines) is 1. The van der Waals surface area contributed by atoms with Crippen LogP contribution in [0.15, 0.2) is 30.3 Å². The molecule has 1 aromatic carbocycles. The molecule has 1 saturated heterocycles. The van der Waals surface area contributed by atoms with Crippen molar-refractivity contribution in [1.29, 1.82) is 0 Å². The summed E-state index contributed by atoms with van der Waals surface area (Å²) >= 11 is 0. The van der Waals surface area contributed by atoms with Crippen LogP contribution in [0.3, 0.4) is 0 Å². The summed E-state index contributed by atoms with van der Waals surface area (Å²) in [6.07, 6.45) is 1.91. The molecule has 3 rings (SSSR count). The summed E-state index contributed by atoms with van der Waals surface area (Å²) in [5, 5.41) is 0. The van der Waals surface area contributed by atoms with Gasteiger partial charge in [-0.3, -0.25) is 4.79 Å². The normalized spacial score (nSPS) is 30.8. The van der Waals surface area contributed by atoms with E-state index >= 15 is 0 Å². The molecule has 3 heteroatoms. The number of carbonyl (C=O) groups excluding carboxylic acids is 1. The maximum Gasteiger partial charge on any atom is 0.231 e. The smallest absolute Gasteiger partial charge is 0.231 e. The largest absolute Gasteiger partial charge is 0.334 e. The first-order chi connectivity index (χ1) is 8.48. The van der Waals surface area contributed by atoms with E-state index in [0.29, 0.717) is 6.54 Å². The van der Waals surface area contributed by atoms with Crippen LogP contribution in [-0.2, 0) is 4.79 Å². The fourth-order valence-electron chi connectivity index (χ4n) is 3.23. The number of hydrogen-bond acceptors (Lipinski definition) is 2. The molecule has 1 aliphatic carbocycles. The lowest BCUT2D eigenvalue weighted by molar-refractivity contribution is -0.134. The summed E-state index contributed by atoms with van der Waals surface area (Å²) in [6, 6.07) is 10.3. The van der Waals surface area contributed by atoms with Crippen molar-refractivity contribution in [2.24, 2.45) is 11.1 Å². The van der Waals surface area contributed by atoms with Crippen molar-refractivity contribution in [1.82, 2.24) is 4.90 Å². The zero-order valence-corrected chi connectivity index (χ0v) is 11.0. The topological polar surface area (TPSA) is 46.3 Å². The van der Waals surface area contributed by atoms with Gasteiger partial charge in [0.05, 0.1) is 11.5 Å². The summed E-state index contributed by atoms with van der Waals surface area (Å²) in [5.74, 6) is 0.254. The van der Waals surface area contributed by atoms with Crippen LogP contribution in [0, 0.1) is 5.41 Å². The van der Waals surface area contributed by atoms with Gasteiger partial charge in [-0.25, -0.2) is 0 Å². The van der Waals surface area contributed by atoms with E-state index < -0.39 is 0 Å². The molecule has 3 nitrogen and oxygen atoms in total. The lowest BCUT2D eigenvalue weighted by atomic mass is 9.87. The first-order valence-corrected chi connectivity index (χ1v) is 6.63. The highest BCUT2D eigenvalue weighted by atomic mass is 16.2. The predicted octanol–water partition coefficient (Wildman–Crippen LogP) is 2.09.